The summed E-state index contributed by atoms with van der Waals surface area (Å²) in [5, 5.41) is 7.82. The fraction of sp³-hybridized carbons (Fsp3) is 0.529. The molecule has 1 aromatic heterocycles. The number of rotatable bonds is 4. The van der Waals surface area contributed by atoms with Gasteiger partial charge in [-0.3, -0.25) is 0 Å². The first-order valence-electron chi connectivity index (χ1n) is 7.74. The molecule has 1 N–H and O–H groups in total. The fourth-order valence-corrected chi connectivity index (χ4v) is 3.10. The van der Waals surface area contributed by atoms with Gasteiger partial charge in [-0.05, 0) is 45.2 Å². The molecule has 2 aromatic rings. The van der Waals surface area contributed by atoms with Crippen LogP contribution in [0.15, 0.2) is 34.9 Å². The van der Waals surface area contributed by atoms with Crippen LogP contribution in [0.1, 0.15) is 57.3 Å². The van der Waals surface area contributed by atoms with Crippen molar-refractivity contribution in [3.8, 4) is 0 Å². The lowest BCUT2D eigenvalue weighted by molar-refractivity contribution is 0.248. The van der Waals surface area contributed by atoms with Gasteiger partial charge in [-0.15, -0.1) is 0 Å². The highest BCUT2D eigenvalue weighted by atomic mass is 16.5. The summed E-state index contributed by atoms with van der Waals surface area (Å²) in [7, 11) is 0. The lowest BCUT2D eigenvalue weighted by Gasteiger charge is -2.23. The molecule has 21 heavy (non-hydrogen) atoms. The van der Waals surface area contributed by atoms with Gasteiger partial charge in [0.15, 0.2) is 5.82 Å². The molecular formula is C17H23N3O. The maximum Gasteiger partial charge on any atom is 0.246 e. The van der Waals surface area contributed by atoms with Gasteiger partial charge in [0, 0.05) is 0 Å². The van der Waals surface area contributed by atoms with Crippen molar-refractivity contribution in [2.24, 2.45) is 0 Å². The first-order chi connectivity index (χ1) is 10.1. The molecule has 1 fully saturated rings. The van der Waals surface area contributed by atoms with Crippen LogP contribution in [0.5, 0.6) is 0 Å². The van der Waals surface area contributed by atoms with E-state index in [9.17, 15) is 0 Å². The van der Waals surface area contributed by atoms with Crippen LogP contribution in [-0.2, 0) is 11.0 Å². The molecular weight excluding hydrogens is 262 g/mol. The Bertz CT molecular complexity index is 598. The number of hydrogen-bond acceptors (Lipinski definition) is 4. The van der Waals surface area contributed by atoms with Gasteiger partial charge in [-0.1, -0.05) is 42.4 Å². The van der Waals surface area contributed by atoms with Crippen LogP contribution in [-0.4, -0.2) is 16.7 Å². The van der Waals surface area contributed by atoms with Crippen molar-refractivity contribution in [1.82, 2.24) is 15.5 Å². The minimum Gasteiger partial charge on any atom is -0.337 e. The van der Waals surface area contributed by atoms with Gasteiger partial charge in [0.2, 0.25) is 5.89 Å². The second-order valence-corrected chi connectivity index (χ2v) is 6.38. The Morgan fingerprint density at radius 1 is 1.29 bits per heavy atom. The molecule has 1 aliphatic rings. The van der Waals surface area contributed by atoms with Gasteiger partial charge in [0.25, 0.3) is 0 Å². The smallest absolute Gasteiger partial charge is 0.246 e. The zero-order chi connectivity index (χ0) is 14.9. The van der Waals surface area contributed by atoms with E-state index in [2.05, 4.69) is 43.4 Å². The van der Waals surface area contributed by atoms with Crippen molar-refractivity contribution < 1.29 is 4.52 Å². The van der Waals surface area contributed by atoms with Gasteiger partial charge in [-0.2, -0.15) is 4.98 Å². The normalized spacial score (nSPS) is 22.6. The standard InChI is InChI=1S/C17H23N3O/c1-4-17(11-8-12-18-17)15-19-14(20-21-15)16(2,3)13-9-6-5-7-10-13/h5-7,9-10,18H,4,8,11-12H2,1-3H3. The van der Waals surface area contributed by atoms with E-state index in [4.69, 9.17) is 9.51 Å². The molecule has 1 aliphatic heterocycles. The third kappa shape index (κ3) is 2.38. The molecule has 0 amide bonds. The zero-order valence-electron chi connectivity index (χ0n) is 13.0. The molecule has 0 bridgehead atoms. The molecule has 1 saturated heterocycles. The highest BCUT2D eigenvalue weighted by Crippen LogP contribution is 2.35. The number of nitrogens with zero attached hydrogens (tertiary/aromatic N) is 2. The van der Waals surface area contributed by atoms with E-state index in [1.165, 1.54) is 5.56 Å². The van der Waals surface area contributed by atoms with Crippen molar-refractivity contribution >= 4 is 0 Å². The summed E-state index contributed by atoms with van der Waals surface area (Å²) in [4.78, 5) is 4.74. The Kier molecular flexibility index (Phi) is 3.57. The van der Waals surface area contributed by atoms with E-state index in [0.717, 1.165) is 37.5 Å². The third-order valence-corrected chi connectivity index (χ3v) is 4.74. The molecule has 3 rings (SSSR count). The van der Waals surface area contributed by atoms with Crippen molar-refractivity contribution in [1.29, 1.82) is 0 Å². The molecule has 0 aliphatic carbocycles. The SMILES string of the molecule is CCC1(c2nc(C(C)(C)c3ccccc3)no2)CCCN1. The first-order valence-corrected chi connectivity index (χ1v) is 7.74. The molecule has 2 heterocycles. The minimum atomic E-state index is -0.253. The highest BCUT2D eigenvalue weighted by Gasteiger charge is 2.40. The monoisotopic (exact) mass is 285 g/mol. The predicted octanol–water partition coefficient (Wildman–Crippen LogP) is 3.38. The summed E-state index contributed by atoms with van der Waals surface area (Å²) in [5.41, 5.74) is 0.816. The van der Waals surface area contributed by atoms with Crippen LogP contribution in [0.25, 0.3) is 0 Å². The Morgan fingerprint density at radius 3 is 2.67 bits per heavy atom. The maximum absolute atomic E-state index is 5.63. The molecule has 1 unspecified atom stereocenters. The van der Waals surface area contributed by atoms with Crippen LogP contribution in [0.4, 0.5) is 0 Å². The highest BCUT2D eigenvalue weighted by molar-refractivity contribution is 5.30. The van der Waals surface area contributed by atoms with Crippen LogP contribution >= 0.6 is 0 Å². The Morgan fingerprint density at radius 2 is 2.05 bits per heavy atom. The van der Waals surface area contributed by atoms with Crippen molar-refractivity contribution in [3.63, 3.8) is 0 Å². The van der Waals surface area contributed by atoms with Crippen LogP contribution < -0.4 is 5.32 Å². The maximum atomic E-state index is 5.63. The number of hydrogen-bond donors (Lipinski definition) is 1. The van der Waals surface area contributed by atoms with Crippen LogP contribution in [0, 0.1) is 0 Å². The summed E-state index contributed by atoms with van der Waals surface area (Å²) in [6, 6.07) is 10.3. The van der Waals surface area contributed by atoms with Gasteiger partial charge in [0.1, 0.15) is 0 Å². The molecule has 0 spiro atoms. The van der Waals surface area contributed by atoms with Crippen molar-refractivity contribution in [3.05, 3.63) is 47.6 Å². The second kappa shape index (κ2) is 5.26. The topological polar surface area (TPSA) is 51.0 Å². The van der Waals surface area contributed by atoms with Crippen molar-refractivity contribution in [2.75, 3.05) is 6.54 Å². The molecule has 4 heteroatoms. The summed E-state index contributed by atoms with van der Waals surface area (Å²) in [6.07, 6.45) is 3.20. The van der Waals surface area contributed by atoms with Crippen LogP contribution in [0.2, 0.25) is 0 Å². The van der Waals surface area contributed by atoms with E-state index in [-0.39, 0.29) is 11.0 Å². The Hall–Kier alpha value is -1.68. The van der Waals surface area contributed by atoms with E-state index >= 15 is 0 Å². The van der Waals surface area contributed by atoms with Gasteiger partial charge < -0.3 is 9.84 Å². The number of aromatic nitrogens is 2. The van der Waals surface area contributed by atoms with Crippen LogP contribution in [0.3, 0.4) is 0 Å². The van der Waals surface area contributed by atoms with E-state index in [1.54, 1.807) is 0 Å². The average Bonchev–Trinajstić information content (AvgIpc) is 3.18. The fourth-order valence-electron chi connectivity index (χ4n) is 3.10. The molecule has 0 saturated carbocycles. The third-order valence-electron chi connectivity index (χ3n) is 4.74. The summed E-state index contributed by atoms with van der Waals surface area (Å²) < 4.78 is 5.63. The zero-order valence-corrected chi connectivity index (χ0v) is 13.0. The quantitative estimate of drug-likeness (QED) is 0.935. The Labute approximate surface area is 126 Å². The second-order valence-electron chi connectivity index (χ2n) is 6.38. The first kappa shape index (κ1) is 14.3. The number of benzene rings is 1. The number of nitrogens with one attached hydrogen (secondary N) is 1. The molecule has 0 radical (unpaired) electrons. The van der Waals surface area contributed by atoms with E-state index < -0.39 is 0 Å². The summed E-state index contributed by atoms with van der Waals surface area (Å²) in [5.74, 6) is 1.49. The molecule has 4 nitrogen and oxygen atoms in total. The van der Waals surface area contributed by atoms with Gasteiger partial charge >= 0.3 is 0 Å². The molecule has 1 aromatic carbocycles. The lowest BCUT2D eigenvalue weighted by atomic mass is 9.84. The minimum absolute atomic E-state index is 0.127. The summed E-state index contributed by atoms with van der Waals surface area (Å²) >= 11 is 0. The largest absolute Gasteiger partial charge is 0.337 e. The van der Waals surface area contributed by atoms with Crippen molar-refractivity contribution in [2.45, 2.75) is 51.0 Å². The van der Waals surface area contributed by atoms with E-state index in [0.29, 0.717) is 0 Å². The molecule has 112 valence electrons. The summed E-state index contributed by atoms with van der Waals surface area (Å²) in [6.45, 7) is 7.47. The molecule has 1 atom stereocenters. The lowest BCUT2D eigenvalue weighted by Crippen LogP contribution is -2.36. The average molecular weight is 285 g/mol. The van der Waals surface area contributed by atoms with Gasteiger partial charge in [-0.25, -0.2) is 0 Å². The van der Waals surface area contributed by atoms with E-state index in [1.807, 2.05) is 18.2 Å². The Balaban J connectivity index is 1.95. The predicted molar refractivity (Wildman–Crippen MR) is 82.1 cm³/mol. The van der Waals surface area contributed by atoms with Gasteiger partial charge in [0.05, 0.1) is 11.0 Å².